The minimum Gasteiger partial charge on any atom is -0.249 e. The highest BCUT2D eigenvalue weighted by atomic mass is 32.2. The summed E-state index contributed by atoms with van der Waals surface area (Å²) in [5, 5.41) is -0.0203. The average molecular weight is 193 g/mol. The minimum absolute atomic E-state index is 0.0203. The van der Waals surface area contributed by atoms with Crippen molar-refractivity contribution in [3.8, 4) is 0 Å². The maximum Gasteiger partial charge on any atom is 0.447 e. The first kappa shape index (κ1) is 9.38. The molecule has 0 saturated carbocycles. The molecule has 0 unspecified atom stereocenters. The van der Waals surface area contributed by atoms with Crippen LogP contribution in [0.2, 0.25) is 0 Å². The molecule has 0 aliphatic rings. The van der Waals surface area contributed by atoms with Gasteiger partial charge in [-0.1, -0.05) is 6.07 Å². The van der Waals surface area contributed by atoms with Crippen LogP contribution < -0.4 is 0 Å². The van der Waals surface area contributed by atoms with Crippen LogP contribution in [0.4, 0.5) is 13.2 Å². The Bertz CT molecular complexity index is 254. The summed E-state index contributed by atoms with van der Waals surface area (Å²) < 4.78 is 35.3. The van der Waals surface area contributed by atoms with E-state index in [2.05, 4.69) is 4.98 Å². The number of nitrogens with zero attached hydrogens (tertiary/aromatic N) is 1. The molecule has 1 heterocycles. The lowest BCUT2D eigenvalue weighted by molar-refractivity contribution is -0.0329. The van der Waals surface area contributed by atoms with Crippen LogP contribution in [0.5, 0.6) is 0 Å². The standard InChI is InChI=1S/C7H6F3NS/c1-5-2-3-6(11-4-5)12-7(8,9)10/h2-4H,1H3. The van der Waals surface area contributed by atoms with Gasteiger partial charge < -0.3 is 0 Å². The smallest absolute Gasteiger partial charge is 0.249 e. The predicted molar refractivity (Wildman–Crippen MR) is 40.9 cm³/mol. The third-order valence-electron chi connectivity index (χ3n) is 1.10. The molecule has 1 aromatic rings. The Hall–Kier alpha value is -0.710. The van der Waals surface area contributed by atoms with Crippen LogP contribution in [-0.2, 0) is 0 Å². The summed E-state index contributed by atoms with van der Waals surface area (Å²) in [5.41, 5.74) is -3.40. The molecule has 0 fully saturated rings. The van der Waals surface area contributed by atoms with Crippen molar-refractivity contribution in [2.75, 3.05) is 0 Å². The van der Waals surface area contributed by atoms with E-state index in [-0.39, 0.29) is 16.8 Å². The van der Waals surface area contributed by atoms with Gasteiger partial charge in [-0.15, -0.1) is 0 Å². The monoisotopic (exact) mass is 193 g/mol. The predicted octanol–water partition coefficient (Wildman–Crippen LogP) is 3.00. The summed E-state index contributed by atoms with van der Waals surface area (Å²) in [6, 6.07) is 2.95. The van der Waals surface area contributed by atoms with Crippen LogP contribution in [0.3, 0.4) is 0 Å². The highest BCUT2D eigenvalue weighted by Gasteiger charge is 2.29. The van der Waals surface area contributed by atoms with E-state index in [1.165, 1.54) is 12.3 Å². The van der Waals surface area contributed by atoms with Gasteiger partial charge in [0, 0.05) is 18.0 Å². The van der Waals surface area contributed by atoms with E-state index in [4.69, 9.17) is 0 Å². The molecule has 0 atom stereocenters. The molecular weight excluding hydrogens is 187 g/mol. The van der Waals surface area contributed by atoms with Crippen LogP contribution >= 0.6 is 11.8 Å². The fourth-order valence-corrected chi connectivity index (χ4v) is 1.11. The number of hydrogen-bond donors (Lipinski definition) is 0. The summed E-state index contributed by atoms with van der Waals surface area (Å²) in [6.07, 6.45) is 1.41. The Balaban J connectivity index is 2.71. The van der Waals surface area contributed by atoms with E-state index in [0.29, 0.717) is 0 Å². The summed E-state index contributed by atoms with van der Waals surface area (Å²) in [4.78, 5) is 3.61. The molecule has 0 spiro atoms. The molecule has 0 saturated heterocycles. The molecule has 0 radical (unpaired) electrons. The van der Waals surface area contributed by atoms with Crippen LogP contribution in [-0.4, -0.2) is 10.5 Å². The third kappa shape index (κ3) is 3.13. The summed E-state index contributed by atoms with van der Waals surface area (Å²) in [5.74, 6) is 0. The van der Waals surface area contributed by atoms with Gasteiger partial charge in [0.15, 0.2) is 0 Å². The van der Waals surface area contributed by atoms with Crippen molar-refractivity contribution in [1.82, 2.24) is 4.98 Å². The normalized spacial score (nSPS) is 11.7. The van der Waals surface area contributed by atoms with Crippen LogP contribution in [0, 0.1) is 6.92 Å². The maximum atomic E-state index is 11.8. The molecule has 1 rings (SSSR count). The van der Waals surface area contributed by atoms with Crippen LogP contribution in [0.1, 0.15) is 5.56 Å². The van der Waals surface area contributed by atoms with Gasteiger partial charge in [0.05, 0.1) is 0 Å². The van der Waals surface area contributed by atoms with E-state index in [1.54, 1.807) is 13.0 Å². The molecular formula is C7H6F3NS. The zero-order valence-electron chi connectivity index (χ0n) is 6.22. The maximum absolute atomic E-state index is 11.8. The Labute approximate surface area is 72.0 Å². The van der Waals surface area contributed by atoms with Gasteiger partial charge in [-0.25, -0.2) is 4.98 Å². The third-order valence-corrected chi connectivity index (χ3v) is 1.79. The Morgan fingerprint density at radius 2 is 2.00 bits per heavy atom. The van der Waals surface area contributed by atoms with Crippen molar-refractivity contribution in [3.63, 3.8) is 0 Å². The second-order valence-electron chi connectivity index (χ2n) is 2.22. The lowest BCUT2D eigenvalue weighted by atomic mass is 10.3. The van der Waals surface area contributed by atoms with Gasteiger partial charge >= 0.3 is 5.51 Å². The molecule has 0 N–H and O–H groups in total. The number of pyridine rings is 1. The number of hydrogen-bond acceptors (Lipinski definition) is 2. The lowest BCUT2D eigenvalue weighted by Gasteiger charge is -2.03. The number of alkyl halides is 3. The summed E-state index contributed by atoms with van der Waals surface area (Å²) in [6.45, 7) is 1.77. The Morgan fingerprint density at radius 3 is 2.42 bits per heavy atom. The van der Waals surface area contributed by atoms with Crippen molar-refractivity contribution in [2.24, 2.45) is 0 Å². The van der Waals surface area contributed by atoms with Gasteiger partial charge in [0.1, 0.15) is 5.03 Å². The largest absolute Gasteiger partial charge is 0.447 e. The van der Waals surface area contributed by atoms with Crippen molar-refractivity contribution < 1.29 is 13.2 Å². The van der Waals surface area contributed by atoms with Crippen LogP contribution in [0.25, 0.3) is 0 Å². The van der Waals surface area contributed by atoms with Crippen molar-refractivity contribution in [3.05, 3.63) is 23.9 Å². The van der Waals surface area contributed by atoms with Gasteiger partial charge in [-0.3, -0.25) is 0 Å². The number of rotatable bonds is 1. The zero-order valence-corrected chi connectivity index (χ0v) is 7.04. The summed E-state index contributed by atoms with van der Waals surface area (Å²) >= 11 is -0.202. The minimum atomic E-state index is -4.25. The topological polar surface area (TPSA) is 12.9 Å². The second-order valence-corrected chi connectivity index (χ2v) is 3.31. The molecule has 0 aliphatic heterocycles. The van der Waals surface area contributed by atoms with Crippen molar-refractivity contribution >= 4 is 11.8 Å². The quantitative estimate of drug-likeness (QED) is 0.636. The molecule has 0 bridgehead atoms. The molecule has 12 heavy (non-hydrogen) atoms. The fourth-order valence-electron chi connectivity index (χ4n) is 0.633. The van der Waals surface area contributed by atoms with Crippen molar-refractivity contribution in [1.29, 1.82) is 0 Å². The molecule has 1 nitrogen and oxygen atoms in total. The Morgan fingerprint density at radius 1 is 1.33 bits per heavy atom. The highest BCUT2D eigenvalue weighted by Crippen LogP contribution is 2.35. The molecule has 0 amide bonds. The summed E-state index contributed by atoms with van der Waals surface area (Å²) in [7, 11) is 0. The molecule has 66 valence electrons. The average Bonchev–Trinajstić information content (AvgIpc) is 1.91. The van der Waals surface area contributed by atoms with E-state index in [0.717, 1.165) is 5.56 Å². The SMILES string of the molecule is Cc1ccc(SC(F)(F)F)nc1. The molecule has 0 aromatic carbocycles. The van der Waals surface area contributed by atoms with E-state index >= 15 is 0 Å². The number of thioether (sulfide) groups is 1. The lowest BCUT2D eigenvalue weighted by Crippen LogP contribution is -1.99. The molecule has 1 aromatic heterocycles. The van der Waals surface area contributed by atoms with E-state index in [1.807, 2.05) is 0 Å². The first-order valence-corrected chi connectivity index (χ1v) is 3.97. The molecule has 5 heteroatoms. The van der Waals surface area contributed by atoms with E-state index < -0.39 is 5.51 Å². The number of aromatic nitrogens is 1. The fraction of sp³-hybridized carbons (Fsp3) is 0.286. The zero-order chi connectivity index (χ0) is 9.19. The first-order chi connectivity index (χ1) is 5.47. The van der Waals surface area contributed by atoms with Gasteiger partial charge in [-0.05, 0) is 18.6 Å². The first-order valence-electron chi connectivity index (χ1n) is 3.16. The van der Waals surface area contributed by atoms with Gasteiger partial charge in [0.25, 0.3) is 0 Å². The van der Waals surface area contributed by atoms with E-state index in [9.17, 15) is 13.2 Å². The van der Waals surface area contributed by atoms with Crippen LogP contribution in [0.15, 0.2) is 23.4 Å². The molecule has 0 aliphatic carbocycles. The Kier molecular flexibility index (Phi) is 2.62. The number of aryl methyl sites for hydroxylation is 1. The van der Waals surface area contributed by atoms with Crippen molar-refractivity contribution in [2.45, 2.75) is 17.5 Å². The highest BCUT2D eigenvalue weighted by molar-refractivity contribution is 8.00. The number of halogens is 3. The second kappa shape index (κ2) is 3.35. The van der Waals surface area contributed by atoms with Gasteiger partial charge in [0.2, 0.25) is 0 Å². The van der Waals surface area contributed by atoms with Gasteiger partial charge in [-0.2, -0.15) is 13.2 Å².